The topological polar surface area (TPSA) is 9.23 Å². The SMILES string of the molecule is Cc1cc(C(F)(F)F)ccc1OC(C)C. The molecule has 0 amide bonds. The molecule has 0 aliphatic rings. The molecule has 0 N–H and O–H groups in total. The van der Waals surface area contributed by atoms with E-state index in [0.29, 0.717) is 11.3 Å². The minimum atomic E-state index is -4.29. The fourth-order valence-corrected chi connectivity index (χ4v) is 1.21. The summed E-state index contributed by atoms with van der Waals surface area (Å²) in [6, 6.07) is 3.49. The van der Waals surface area contributed by atoms with Crippen LogP contribution in [0, 0.1) is 6.92 Å². The fraction of sp³-hybridized carbons (Fsp3) is 0.455. The monoisotopic (exact) mass is 218 g/mol. The van der Waals surface area contributed by atoms with Crippen molar-refractivity contribution in [3.63, 3.8) is 0 Å². The van der Waals surface area contributed by atoms with Gasteiger partial charge in [0.2, 0.25) is 0 Å². The van der Waals surface area contributed by atoms with Gasteiger partial charge in [-0.25, -0.2) is 0 Å². The zero-order chi connectivity index (χ0) is 11.6. The Morgan fingerprint density at radius 2 is 1.80 bits per heavy atom. The van der Waals surface area contributed by atoms with E-state index >= 15 is 0 Å². The molecule has 0 saturated carbocycles. The fourth-order valence-electron chi connectivity index (χ4n) is 1.21. The van der Waals surface area contributed by atoms with Crippen molar-refractivity contribution >= 4 is 0 Å². The third-order valence-corrected chi connectivity index (χ3v) is 1.86. The van der Waals surface area contributed by atoms with Crippen LogP contribution in [0.2, 0.25) is 0 Å². The lowest BCUT2D eigenvalue weighted by atomic mass is 10.1. The van der Waals surface area contributed by atoms with Crippen molar-refractivity contribution in [3.05, 3.63) is 29.3 Å². The molecule has 0 atom stereocenters. The maximum atomic E-state index is 12.3. The summed E-state index contributed by atoms with van der Waals surface area (Å²) in [5.74, 6) is 0.498. The first kappa shape index (κ1) is 11.9. The normalized spacial score (nSPS) is 11.9. The molecular weight excluding hydrogens is 205 g/mol. The van der Waals surface area contributed by atoms with Crippen LogP contribution >= 0.6 is 0 Å². The number of halogens is 3. The van der Waals surface area contributed by atoms with Gasteiger partial charge in [-0.05, 0) is 44.5 Å². The molecule has 0 aliphatic carbocycles. The molecule has 84 valence electrons. The summed E-state index contributed by atoms with van der Waals surface area (Å²) in [4.78, 5) is 0. The van der Waals surface area contributed by atoms with Crippen molar-refractivity contribution < 1.29 is 17.9 Å². The lowest BCUT2D eigenvalue weighted by molar-refractivity contribution is -0.137. The standard InChI is InChI=1S/C11H13F3O/c1-7(2)15-10-5-4-9(6-8(10)3)11(12,13)14/h4-7H,1-3H3. The number of aryl methyl sites for hydroxylation is 1. The van der Waals surface area contributed by atoms with Gasteiger partial charge in [0, 0.05) is 0 Å². The van der Waals surface area contributed by atoms with Crippen LogP contribution in [-0.4, -0.2) is 6.10 Å². The lowest BCUT2D eigenvalue weighted by Crippen LogP contribution is -2.09. The molecule has 1 nitrogen and oxygen atoms in total. The third kappa shape index (κ3) is 3.15. The number of hydrogen-bond acceptors (Lipinski definition) is 1. The first-order chi connectivity index (χ1) is 6.80. The molecule has 0 fully saturated rings. The van der Waals surface area contributed by atoms with Gasteiger partial charge in [-0.3, -0.25) is 0 Å². The molecule has 0 bridgehead atoms. The molecule has 0 aliphatic heterocycles. The van der Waals surface area contributed by atoms with Crippen molar-refractivity contribution in [2.24, 2.45) is 0 Å². The number of rotatable bonds is 2. The number of hydrogen-bond donors (Lipinski definition) is 0. The summed E-state index contributed by atoms with van der Waals surface area (Å²) in [6.07, 6.45) is -4.33. The van der Waals surface area contributed by atoms with Gasteiger partial charge in [0.1, 0.15) is 5.75 Å². The molecule has 0 spiro atoms. The summed E-state index contributed by atoms with van der Waals surface area (Å²) in [5, 5.41) is 0. The molecule has 0 saturated heterocycles. The van der Waals surface area contributed by atoms with Crippen molar-refractivity contribution in [2.45, 2.75) is 33.1 Å². The summed E-state index contributed by atoms with van der Waals surface area (Å²) >= 11 is 0. The van der Waals surface area contributed by atoms with Gasteiger partial charge in [-0.1, -0.05) is 0 Å². The van der Waals surface area contributed by atoms with E-state index in [2.05, 4.69) is 0 Å². The number of ether oxygens (including phenoxy) is 1. The molecule has 1 aromatic carbocycles. The van der Waals surface area contributed by atoms with Crippen LogP contribution in [0.5, 0.6) is 5.75 Å². The predicted molar refractivity (Wildman–Crippen MR) is 51.9 cm³/mol. The zero-order valence-corrected chi connectivity index (χ0v) is 8.85. The molecule has 0 radical (unpaired) electrons. The highest BCUT2D eigenvalue weighted by molar-refractivity contribution is 5.37. The highest BCUT2D eigenvalue weighted by Crippen LogP contribution is 2.32. The number of alkyl halides is 3. The second-order valence-corrected chi connectivity index (χ2v) is 3.64. The molecule has 0 unspecified atom stereocenters. The van der Waals surface area contributed by atoms with Gasteiger partial charge in [0.25, 0.3) is 0 Å². The highest BCUT2D eigenvalue weighted by Gasteiger charge is 2.30. The van der Waals surface area contributed by atoms with Crippen LogP contribution < -0.4 is 4.74 Å². The largest absolute Gasteiger partial charge is 0.491 e. The Balaban J connectivity index is 2.98. The van der Waals surface area contributed by atoms with E-state index in [1.54, 1.807) is 6.92 Å². The molecule has 1 aromatic rings. The average Bonchev–Trinajstić information content (AvgIpc) is 2.05. The summed E-state index contributed by atoms with van der Waals surface area (Å²) in [5.41, 5.74) is -0.144. The van der Waals surface area contributed by atoms with Crippen molar-refractivity contribution in [2.75, 3.05) is 0 Å². The van der Waals surface area contributed by atoms with Crippen LogP contribution in [0.4, 0.5) is 13.2 Å². The van der Waals surface area contributed by atoms with Crippen molar-refractivity contribution in [1.29, 1.82) is 0 Å². The van der Waals surface area contributed by atoms with Crippen LogP contribution in [0.3, 0.4) is 0 Å². The zero-order valence-electron chi connectivity index (χ0n) is 8.85. The van der Waals surface area contributed by atoms with Crippen molar-refractivity contribution in [1.82, 2.24) is 0 Å². The minimum absolute atomic E-state index is 0.0413. The summed E-state index contributed by atoms with van der Waals surface area (Å²) in [7, 11) is 0. The van der Waals surface area contributed by atoms with E-state index < -0.39 is 11.7 Å². The second-order valence-electron chi connectivity index (χ2n) is 3.64. The van der Waals surface area contributed by atoms with Gasteiger partial charge in [0.05, 0.1) is 11.7 Å². The van der Waals surface area contributed by atoms with Gasteiger partial charge >= 0.3 is 6.18 Å². The Bertz CT molecular complexity index is 342. The smallest absolute Gasteiger partial charge is 0.416 e. The Morgan fingerprint density at radius 1 is 1.20 bits per heavy atom. The molecule has 1 rings (SSSR count). The molecule has 0 aromatic heterocycles. The van der Waals surface area contributed by atoms with Crippen LogP contribution in [-0.2, 0) is 6.18 Å². The van der Waals surface area contributed by atoms with Gasteiger partial charge < -0.3 is 4.74 Å². The molecule has 4 heteroatoms. The summed E-state index contributed by atoms with van der Waals surface area (Å²) < 4.78 is 42.3. The minimum Gasteiger partial charge on any atom is -0.491 e. The van der Waals surface area contributed by atoms with E-state index in [0.717, 1.165) is 12.1 Å². The quantitative estimate of drug-likeness (QED) is 0.733. The average molecular weight is 218 g/mol. The van der Waals surface area contributed by atoms with E-state index in [9.17, 15) is 13.2 Å². The van der Waals surface area contributed by atoms with E-state index in [4.69, 9.17) is 4.74 Å². The first-order valence-corrected chi connectivity index (χ1v) is 4.65. The van der Waals surface area contributed by atoms with Crippen LogP contribution in [0.25, 0.3) is 0 Å². The maximum Gasteiger partial charge on any atom is 0.416 e. The summed E-state index contributed by atoms with van der Waals surface area (Å²) in [6.45, 7) is 5.27. The van der Waals surface area contributed by atoms with E-state index in [1.807, 2.05) is 13.8 Å². The van der Waals surface area contributed by atoms with Gasteiger partial charge in [-0.2, -0.15) is 13.2 Å². The van der Waals surface area contributed by atoms with Crippen molar-refractivity contribution in [3.8, 4) is 5.75 Å². The second kappa shape index (κ2) is 4.13. The molecule has 15 heavy (non-hydrogen) atoms. The Kier molecular flexibility index (Phi) is 3.27. The first-order valence-electron chi connectivity index (χ1n) is 4.65. The Hall–Kier alpha value is -1.19. The molecular formula is C11H13F3O. The van der Waals surface area contributed by atoms with Gasteiger partial charge in [0.15, 0.2) is 0 Å². The predicted octanol–water partition coefficient (Wildman–Crippen LogP) is 3.80. The van der Waals surface area contributed by atoms with E-state index in [-0.39, 0.29) is 6.10 Å². The lowest BCUT2D eigenvalue weighted by Gasteiger charge is -2.14. The van der Waals surface area contributed by atoms with E-state index in [1.165, 1.54) is 6.07 Å². The maximum absolute atomic E-state index is 12.3. The van der Waals surface area contributed by atoms with Crippen LogP contribution in [0.15, 0.2) is 18.2 Å². The van der Waals surface area contributed by atoms with Gasteiger partial charge in [-0.15, -0.1) is 0 Å². The number of benzene rings is 1. The Morgan fingerprint density at radius 3 is 2.20 bits per heavy atom. The Labute approximate surface area is 86.9 Å². The van der Waals surface area contributed by atoms with Crippen LogP contribution in [0.1, 0.15) is 25.0 Å². The molecule has 0 heterocycles. The third-order valence-electron chi connectivity index (χ3n) is 1.86. The highest BCUT2D eigenvalue weighted by atomic mass is 19.4.